The Morgan fingerprint density at radius 2 is 1.82 bits per heavy atom. The summed E-state index contributed by atoms with van der Waals surface area (Å²) in [6.45, 7) is 5.83. The zero-order valence-electron chi connectivity index (χ0n) is 6.93. The second kappa shape index (κ2) is 3.74. The van der Waals surface area contributed by atoms with Gasteiger partial charge in [0, 0.05) is 0 Å². The van der Waals surface area contributed by atoms with E-state index in [-0.39, 0.29) is 12.0 Å². The summed E-state index contributed by atoms with van der Waals surface area (Å²) in [6.07, 6.45) is 0. The minimum Gasteiger partial charge on any atom is -0.269 e. The van der Waals surface area contributed by atoms with Gasteiger partial charge in [0.15, 0.2) is 0 Å². The van der Waals surface area contributed by atoms with E-state index in [1.54, 1.807) is 0 Å². The Labute approximate surface area is 72.8 Å². The molecule has 0 aromatic carbocycles. The summed E-state index contributed by atoms with van der Waals surface area (Å²) in [4.78, 5) is 0. The van der Waals surface area contributed by atoms with Crippen LogP contribution >= 0.6 is 11.6 Å². The van der Waals surface area contributed by atoms with Gasteiger partial charge in [-0.15, -0.1) is 11.6 Å². The third-order valence-corrected chi connectivity index (χ3v) is 2.35. The lowest BCUT2D eigenvalue weighted by Gasteiger charge is -2.16. The van der Waals surface area contributed by atoms with Crippen LogP contribution in [0.3, 0.4) is 0 Å². The van der Waals surface area contributed by atoms with Gasteiger partial charge >= 0.3 is 0 Å². The molecular weight excluding hydrogens is 188 g/mol. The summed E-state index contributed by atoms with van der Waals surface area (Å²) in [6, 6.07) is 0. The van der Waals surface area contributed by atoms with Crippen LogP contribution in [0, 0.1) is 5.41 Å². The molecule has 0 N–H and O–H groups in total. The van der Waals surface area contributed by atoms with Crippen LogP contribution in [0.25, 0.3) is 0 Å². The maximum Gasteiger partial charge on any atom is 0.281 e. The third-order valence-electron chi connectivity index (χ3n) is 0.805. The van der Waals surface area contributed by atoms with Gasteiger partial charge < -0.3 is 0 Å². The molecular formula is C6H13ClO3S. The largest absolute Gasteiger partial charge is 0.281 e. The predicted octanol–water partition coefficient (Wildman–Crippen LogP) is 1.58. The fourth-order valence-electron chi connectivity index (χ4n) is 0.298. The van der Waals surface area contributed by atoms with E-state index in [4.69, 9.17) is 11.6 Å². The normalized spacial score (nSPS) is 13.5. The third kappa shape index (κ3) is 6.59. The first-order chi connectivity index (χ1) is 4.77. The Hall–Kier alpha value is 0.200. The van der Waals surface area contributed by atoms with Crippen molar-refractivity contribution in [3.8, 4) is 0 Å². The van der Waals surface area contributed by atoms with Crippen LogP contribution in [0.5, 0.6) is 0 Å². The quantitative estimate of drug-likeness (QED) is 0.513. The second-order valence-electron chi connectivity index (χ2n) is 3.49. The van der Waals surface area contributed by atoms with Crippen molar-refractivity contribution in [3.05, 3.63) is 0 Å². The van der Waals surface area contributed by atoms with Crippen molar-refractivity contribution in [2.45, 2.75) is 20.8 Å². The number of hydrogen-bond donors (Lipinski definition) is 0. The molecule has 0 rings (SSSR count). The van der Waals surface area contributed by atoms with Crippen molar-refractivity contribution >= 4 is 21.7 Å². The van der Waals surface area contributed by atoms with Crippen LogP contribution in [0.4, 0.5) is 0 Å². The maximum atomic E-state index is 10.7. The summed E-state index contributed by atoms with van der Waals surface area (Å²) in [5, 5.41) is -0.483. The summed E-state index contributed by atoms with van der Waals surface area (Å²) in [5.74, 6) is 0. The van der Waals surface area contributed by atoms with Crippen molar-refractivity contribution in [1.29, 1.82) is 0 Å². The number of hydrogen-bond acceptors (Lipinski definition) is 3. The van der Waals surface area contributed by atoms with Gasteiger partial charge in [0.25, 0.3) is 10.1 Å². The molecule has 3 nitrogen and oxygen atoms in total. The molecule has 0 spiro atoms. The first-order valence-corrected chi connectivity index (χ1v) is 5.31. The van der Waals surface area contributed by atoms with E-state index in [9.17, 15) is 8.42 Å². The second-order valence-corrected chi connectivity index (χ2v) is 5.71. The molecule has 68 valence electrons. The van der Waals surface area contributed by atoms with E-state index in [1.165, 1.54) is 0 Å². The molecule has 0 saturated heterocycles. The average Bonchev–Trinajstić information content (AvgIpc) is 1.83. The summed E-state index contributed by atoms with van der Waals surface area (Å²) in [7, 11) is -3.49. The summed E-state index contributed by atoms with van der Waals surface area (Å²) < 4.78 is 26.0. The molecule has 0 bridgehead atoms. The highest BCUT2D eigenvalue weighted by molar-refractivity contribution is 7.87. The zero-order valence-corrected chi connectivity index (χ0v) is 8.50. The molecule has 0 atom stereocenters. The van der Waals surface area contributed by atoms with Crippen molar-refractivity contribution in [3.63, 3.8) is 0 Å². The fraction of sp³-hybridized carbons (Fsp3) is 1.00. The van der Waals surface area contributed by atoms with Crippen LogP contribution in [-0.2, 0) is 14.3 Å². The molecule has 0 aliphatic heterocycles. The van der Waals surface area contributed by atoms with Gasteiger partial charge in [-0.1, -0.05) is 20.8 Å². The smallest absolute Gasteiger partial charge is 0.269 e. The first kappa shape index (κ1) is 11.2. The lowest BCUT2D eigenvalue weighted by atomic mass is 9.99. The fourth-order valence-corrected chi connectivity index (χ4v) is 1.08. The maximum absolute atomic E-state index is 10.7. The van der Waals surface area contributed by atoms with Crippen LogP contribution in [0.1, 0.15) is 20.8 Å². The minimum atomic E-state index is -3.49. The highest BCUT2D eigenvalue weighted by Gasteiger charge is 2.16. The van der Waals surface area contributed by atoms with Gasteiger partial charge in [0.1, 0.15) is 5.21 Å². The van der Waals surface area contributed by atoms with Crippen LogP contribution < -0.4 is 0 Å². The highest BCUT2D eigenvalue weighted by atomic mass is 35.5. The molecule has 0 aliphatic rings. The number of rotatable bonds is 3. The van der Waals surface area contributed by atoms with Gasteiger partial charge in [-0.25, -0.2) is 0 Å². The average molecular weight is 201 g/mol. The predicted molar refractivity (Wildman–Crippen MR) is 45.0 cm³/mol. The monoisotopic (exact) mass is 200 g/mol. The molecule has 0 aromatic rings. The zero-order chi connectivity index (χ0) is 9.12. The van der Waals surface area contributed by atoms with Gasteiger partial charge in [-0.2, -0.15) is 8.42 Å². The molecule has 0 aromatic heterocycles. The Bertz CT molecular complexity index is 202. The summed E-state index contributed by atoms with van der Waals surface area (Å²) in [5.41, 5.74) is -0.154. The van der Waals surface area contributed by atoms with Crippen LogP contribution in [0.2, 0.25) is 0 Å². The van der Waals surface area contributed by atoms with E-state index in [2.05, 4.69) is 4.18 Å². The van der Waals surface area contributed by atoms with Gasteiger partial charge in [0.05, 0.1) is 6.61 Å². The first-order valence-electron chi connectivity index (χ1n) is 3.20. The molecule has 0 radical (unpaired) electrons. The van der Waals surface area contributed by atoms with Crippen molar-refractivity contribution in [2.24, 2.45) is 5.41 Å². The molecule has 0 aliphatic carbocycles. The topological polar surface area (TPSA) is 43.4 Å². The Balaban J connectivity index is 3.91. The molecule has 11 heavy (non-hydrogen) atoms. The SMILES string of the molecule is CC(C)(C)COS(=O)(=O)CCl. The Morgan fingerprint density at radius 3 is 2.09 bits per heavy atom. The van der Waals surface area contributed by atoms with Gasteiger partial charge in [0.2, 0.25) is 0 Å². The molecule has 0 saturated carbocycles. The standard InChI is InChI=1S/C6H13ClO3S/c1-6(2,3)4-10-11(8,9)5-7/h4-5H2,1-3H3. The van der Waals surface area contributed by atoms with Gasteiger partial charge in [-0.05, 0) is 5.41 Å². The van der Waals surface area contributed by atoms with E-state index in [0.29, 0.717) is 0 Å². The van der Waals surface area contributed by atoms with E-state index < -0.39 is 15.3 Å². The molecule has 0 heterocycles. The summed E-state index contributed by atoms with van der Waals surface area (Å²) >= 11 is 5.11. The lowest BCUT2D eigenvalue weighted by Crippen LogP contribution is -2.19. The Morgan fingerprint density at radius 1 is 1.36 bits per heavy atom. The van der Waals surface area contributed by atoms with Crippen LogP contribution in [-0.4, -0.2) is 20.2 Å². The molecule has 0 fully saturated rings. The molecule has 0 unspecified atom stereocenters. The minimum absolute atomic E-state index is 0.154. The van der Waals surface area contributed by atoms with Crippen molar-refractivity contribution < 1.29 is 12.6 Å². The number of alkyl halides is 1. The van der Waals surface area contributed by atoms with E-state index >= 15 is 0 Å². The van der Waals surface area contributed by atoms with E-state index in [0.717, 1.165) is 0 Å². The highest BCUT2D eigenvalue weighted by Crippen LogP contribution is 2.14. The van der Waals surface area contributed by atoms with Crippen molar-refractivity contribution in [2.75, 3.05) is 11.8 Å². The van der Waals surface area contributed by atoms with Gasteiger partial charge in [-0.3, -0.25) is 4.18 Å². The van der Waals surface area contributed by atoms with Crippen LogP contribution in [0.15, 0.2) is 0 Å². The van der Waals surface area contributed by atoms with E-state index in [1.807, 2.05) is 20.8 Å². The van der Waals surface area contributed by atoms with Crippen molar-refractivity contribution in [1.82, 2.24) is 0 Å². The molecule has 5 heteroatoms. The molecule has 0 amide bonds. The lowest BCUT2D eigenvalue weighted by molar-refractivity contribution is 0.204. The Kier molecular flexibility index (Phi) is 3.80. The number of halogens is 1.